The molecule has 0 saturated carbocycles. The molecular formula is C12H20N4O6. The molecule has 1 amide bonds. The van der Waals surface area contributed by atoms with Gasteiger partial charge in [-0.05, 0) is 13.8 Å². The van der Waals surface area contributed by atoms with E-state index in [9.17, 15) is 20.1 Å². The van der Waals surface area contributed by atoms with Crippen molar-refractivity contribution in [2.24, 2.45) is 5.10 Å². The molecule has 10 heteroatoms. The molecule has 0 radical (unpaired) electrons. The van der Waals surface area contributed by atoms with Gasteiger partial charge in [0, 0.05) is 12.7 Å². The number of nitrogens with zero attached hydrogens (tertiary/aromatic N) is 3. The van der Waals surface area contributed by atoms with E-state index < -0.39 is 31.0 Å². The number of aromatic nitrogens is 2. The molecule has 0 fully saturated rings. The molecule has 6 N–H and O–H groups in total. The number of rotatable bonds is 7. The van der Waals surface area contributed by atoms with Crippen LogP contribution in [0.5, 0.6) is 0 Å². The summed E-state index contributed by atoms with van der Waals surface area (Å²) in [5.74, 6) is 0.208. The lowest BCUT2D eigenvalue weighted by molar-refractivity contribution is -0.0788. The Bertz CT molecular complexity index is 531. The molecule has 3 atom stereocenters. The normalized spacial score (nSPS) is 16.2. The summed E-state index contributed by atoms with van der Waals surface area (Å²) in [6.45, 7) is 2.60. The van der Waals surface area contributed by atoms with E-state index in [1.165, 1.54) is 13.1 Å². The zero-order valence-electron chi connectivity index (χ0n) is 12.2. The van der Waals surface area contributed by atoms with Crippen molar-refractivity contribution in [3.8, 4) is 0 Å². The molecule has 0 saturated heterocycles. The Balaban J connectivity index is 2.91. The van der Waals surface area contributed by atoms with Crippen LogP contribution in [0.4, 0.5) is 4.79 Å². The van der Waals surface area contributed by atoms with E-state index >= 15 is 0 Å². The number of aliphatic hydroxyl groups is 4. The van der Waals surface area contributed by atoms with Crippen molar-refractivity contribution in [3.63, 3.8) is 0 Å². The van der Waals surface area contributed by atoms with Gasteiger partial charge in [0.25, 0.3) is 0 Å². The SMILES string of the molecule is CCN(/N=C(\C)c1nc([C@@H](O)[C@H](O)[C@H](O)CO)c[nH]1)C(=O)O. The van der Waals surface area contributed by atoms with Crippen molar-refractivity contribution in [3.05, 3.63) is 17.7 Å². The molecule has 0 spiro atoms. The molecule has 124 valence electrons. The van der Waals surface area contributed by atoms with Gasteiger partial charge in [0.05, 0.1) is 12.3 Å². The molecule has 0 bridgehead atoms. The summed E-state index contributed by atoms with van der Waals surface area (Å²) >= 11 is 0. The molecule has 10 nitrogen and oxygen atoms in total. The zero-order valence-corrected chi connectivity index (χ0v) is 12.2. The maximum absolute atomic E-state index is 10.9. The first-order valence-electron chi connectivity index (χ1n) is 6.58. The maximum Gasteiger partial charge on any atom is 0.427 e. The molecular weight excluding hydrogens is 296 g/mol. The van der Waals surface area contributed by atoms with E-state index in [-0.39, 0.29) is 23.8 Å². The lowest BCUT2D eigenvalue weighted by atomic mass is 10.1. The Morgan fingerprint density at radius 2 is 2.09 bits per heavy atom. The highest BCUT2D eigenvalue weighted by Gasteiger charge is 2.27. The fourth-order valence-corrected chi connectivity index (χ4v) is 1.64. The van der Waals surface area contributed by atoms with Gasteiger partial charge in [-0.3, -0.25) is 0 Å². The minimum atomic E-state index is -1.61. The van der Waals surface area contributed by atoms with Crippen LogP contribution in [0, 0.1) is 0 Å². The van der Waals surface area contributed by atoms with Crippen LogP contribution in [-0.2, 0) is 0 Å². The molecule has 1 heterocycles. The first-order valence-corrected chi connectivity index (χ1v) is 6.58. The zero-order chi connectivity index (χ0) is 16.9. The number of H-pyrrole nitrogens is 1. The number of amides is 1. The Hall–Kier alpha value is -2.01. The van der Waals surface area contributed by atoms with Crippen LogP contribution in [0.15, 0.2) is 11.3 Å². The summed E-state index contributed by atoms with van der Waals surface area (Å²) in [5, 5.41) is 51.1. The second kappa shape index (κ2) is 7.84. The molecule has 1 aromatic heterocycles. The number of carbonyl (C=O) groups is 1. The highest BCUT2D eigenvalue weighted by Crippen LogP contribution is 2.17. The van der Waals surface area contributed by atoms with Gasteiger partial charge in [0.15, 0.2) is 5.82 Å². The number of aliphatic hydroxyl groups excluding tert-OH is 4. The van der Waals surface area contributed by atoms with E-state index in [2.05, 4.69) is 15.1 Å². The van der Waals surface area contributed by atoms with E-state index in [4.69, 9.17) is 10.2 Å². The van der Waals surface area contributed by atoms with Crippen molar-refractivity contribution in [1.82, 2.24) is 15.0 Å². The monoisotopic (exact) mass is 316 g/mol. The Morgan fingerprint density at radius 1 is 1.45 bits per heavy atom. The number of hydrazone groups is 1. The van der Waals surface area contributed by atoms with Gasteiger partial charge in [-0.1, -0.05) is 0 Å². The fourth-order valence-electron chi connectivity index (χ4n) is 1.64. The van der Waals surface area contributed by atoms with Gasteiger partial charge in [-0.15, -0.1) is 0 Å². The van der Waals surface area contributed by atoms with Gasteiger partial charge in [-0.2, -0.15) is 10.1 Å². The van der Waals surface area contributed by atoms with Crippen LogP contribution in [0.25, 0.3) is 0 Å². The second-order valence-corrected chi connectivity index (χ2v) is 4.54. The van der Waals surface area contributed by atoms with Gasteiger partial charge in [-0.25, -0.2) is 9.78 Å². The average molecular weight is 316 g/mol. The smallest absolute Gasteiger partial charge is 0.427 e. The summed E-state index contributed by atoms with van der Waals surface area (Å²) < 4.78 is 0. The number of carboxylic acid groups (broad SMARTS) is 1. The Kier molecular flexibility index (Phi) is 6.43. The van der Waals surface area contributed by atoms with E-state index in [0.717, 1.165) is 5.01 Å². The van der Waals surface area contributed by atoms with E-state index in [1.807, 2.05) is 0 Å². The predicted octanol–water partition coefficient (Wildman–Crippen LogP) is -1.12. The van der Waals surface area contributed by atoms with Gasteiger partial charge < -0.3 is 30.5 Å². The predicted molar refractivity (Wildman–Crippen MR) is 75.3 cm³/mol. The van der Waals surface area contributed by atoms with Crippen LogP contribution >= 0.6 is 0 Å². The molecule has 0 aliphatic carbocycles. The number of hydrogen-bond donors (Lipinski definition) is 6. The van der Waals surface area contributed by atoms with Crippen molar-refractivity contribution >= 4 is 11.8 Å². The second-order valence-electron chi connectivity index (χ2n) is 4.54. The largest absolute Gasteiger partial charge is 0.464 e. The summed E-state index contributed by atoms with van der Waals surface area (Å²) in [4.78, 5) is 17.5. The Labute approximate surface area is 126 Å². The van der Waals surface area contributed by atoms with Gasteiger partial charge >= 0.3 is 6.09 Å². The van der Waals surface area contributed by atoms with Crippen LogP contribution in [0.3, 0.4) is 0 Å². The topological polar surface area (TPSA) is 162 Å². The van der Waals surface area contributed by atoms with Crippen molar-refractivity contribution in [2.75, 3.05) is 13.2 Å². The van der Waals surface area contributed by atoms with Crippen LogP contribution in [0.2, 0.25) is 0 Å². The minimum absolute atomic E-state index is 0.0305. The van der Waals surface area contributed by atoms with Crippen molar-refractivity contribution in [1.29, 1.82) is 0 Å². The number of hydrogen-bond acceptors (Lipinski definition) is 7. The Morgan fingerprint density at radius 3 is 2.59 bits per heavy atom. The summed E-state index contributed by atoms with van der Waals surface area (Å²) in [6, 6.07) is 0. The first kappa shape index (κ1) is 18.0. The number of imidazole rings is 1. The number of nitrogens with one attached hydrogen (secondary N) is 1. The maximum atomic E-state index is 10.9. The molecule has 0 aliphatic heterocycles. The quantitative estimate of drug-likeness (QED) is 0.274. The van der Waals surface area contributed by atoms with Crippen LogP contribution in [0.1, 0.15) is 31.5 Å². The third-order valence-electron chi connectivity index (χ3n) is 2.94. The molecule has 0 unspecified atom stereocenters. The molecule has 1 aromatic rings. The standard InChI is InChI=1S/C12H20N4O6/c1-3-16(12(21)22)15-6(2)11-13-4-7(14-11)9(19)10(20)8(18)5-17/h4,8-10,17-20H,3,5H2,1-2H3,(H,13,14)(H,21,22)/b15-6+/t8-,9-,10-/m1/s1. The molecule has 1 rings (SSSR count). The summed E-state index contributed by atoms with van der Waals surface area (Å²) in [6.07, 6.45) is -4.54. The van der Waals surface area contributed by atoms with Crippen molar-refractivity contribution in [2.45, 2.75) is 32.2 Å². The fraction of sp³-hybridized carbons (Fsp3) is 0.583. The number of aromatic amines is 1. The third-order valence-corrected chi connectivity index (χ3v) is 2.94. The summed E-state index contributed by atoms with van der Waals surface area (Å²) in [5.41, 5.74) is 0.294. The highest BCUT2D eigenvalue weighted by atomic mass is 16.4. The third kappa shape index (κ3) is 4.24. The lowest BCUT2D eigenvalue weighted by Gasteiger charge is -2.19. The lowest BCUT2D eigenvalue weighted by Crippen LogP contribution is -2.34. The van der Waals surface area contributed by atoms with Crippen LogP contribution in [-0.4, -0.2) is 77.7 Å². The highest BCUT2D eigenvalue weighted by molar-refractivity contribution is 5.95. The van der Waals surface area contributed by atoms with E-state index in [1.54, 1.807) is 6.92 Å². The molecule has 0 aliphatic rings. The van der Waals surface area contributed by atoms with Gasteiger partial charge in [0.2, 0.25) is 0 Å². The molecule has 0 aromatic carbocycles. The molecule has 22 heavy (non-hydrogen) atoms. The summed E-state index contributed by atoms with van der Waals surface area (Å²) in [7, 11) is 0. The van der Waals surface area contributed by atoms with E-state index in [0.29, 0.717) is 0 Å². The minimum Gasteiger partial charge on any atom is -0.464 e. The first-order chi connectivity index (χ1) is 10.3. The average Bonchev–Trinajstić information content (AvgIpc) is 2.99. The van der Waals surface area contributed by atoms with Crippen molar-refractivity contribution < 1.29 is 30.3 Å². The van der Waals surface area contributed by atoms with Crippen LogP contribution < -0.4 is 0 Å². The van der Waals surface area contributed by atoms with Gasteiger partial charge in [0.1, 0.15) is 24.0 Å².